The molecule has 0 unspecified atom stereocenters. The molecule has 21 heavy (non-hydrogen) atoms. The lowest BCUT2D eigenvalue weighted by Gasteiger charge is -2.04. The van der Waals surface area contributed by atoms with E-state index in [9.17, 15) is 0 Å². The topological polar surface area (TPSA) is 30.2 Å². The van der Waals surface area contributed by atoms with E-state index in [4.69, 9.17) is 0 Å². The third-order valence-corrected chi connectivity index (χ3v) is 3.54. The molecule has 0 aliphatic heterocycles. The van der Waals surface area contributed by atoms with Gasteiger partial charge in [-0.2, -0.15) is 0 Å². The van der Waals surface area contributed by atoms with Crippen molar-refractivity contribution in [3.63, 3.8) is 0 Å². The zero-order chi connectivity index (χ0) is 14.1. The first-order chi connectivity index (χ1) is 10.4. The second-order valence-electron chi connectivity index (χ2n) is 4.88. The lowest BCUT2D eigenvalue weighted by Crippen LogP contribution is -1.85. The summed E-state index contributed by atoms with van der Waals surface area (Å²) in [6.45, 7) is 0. The molecule has 0 saturated heterocycles. The Hall–Kier alpha value is -2.94. The minimum Gasteiger partial charge on any atom is -0.306 e. The van der Waals surface area contributed by atoms with Crippen LogP contribution in [0.4, 0.5) is 0 Å². The normalized spacial score (nSPS) is 10.9. The number of pyridine rings is 2. The summed E-state index contributed by atoms with van der Waals surface area (Å²) in [5, 5.41) is 0. The summed E-state index contributed by atoms with van der Waals surface area (Å²) < 4.78 is 2.03. The fourth-order valence-corrected chi connectivity index (χ4v) is 2.53. The van der Waals surface area contributed by atoms with Gasteiger partial charge in [-0.15, -0.1) is 0 Å². The van der Waals surface area contributed by atoms with Gasteiger partial charge in [0, 0.05) is 23.5 Å². The minimum atomic E-state index is 0.975. The van der Waals surface area contributed by atoms with Crippen LogP contribution in [0.3, 0.4) is 0 Å². The van der Waals surface area contributed by atoms with Crippen LogP contribution in [-0.4, -0.2) is 14.4 Å². The highest BCUT2D eigenvalue weighted by molar-refractivity contribution is 5.79. The Morgan fingerprint density at radius 3 is 2.57 bits per heavy atom. The highest BCUT2D eigenvalue weighted by atomic mass is 15.0. The number of imidazole rings is 1. The molecule has 0 fully saturated rings. The summed E-state index contributed by atoms with van der Waals surface area (Å²) in [5.74, 6) is 0. The fourth-order valence-electron chi connectivity index (χ4n) is 2.53. The Balaban J connectivity index is 1.87. The molecule has 0 spiro atoms. The molecule has 0 aliphatic carbocycles. The summed E-state index contributed by atoms with van der Waals surface area (Å²) in [7, 11) is 0. The molecular formula is C18H13N3. The second kappa shape index (κ2) is 4.87. The van der Waals surface area contributed by atoms with E-state index in [-0.39, 0.29) is 0 Å². The van der Waals surface area contributed by atoms with Crippen molar-refractivity contribution in [2.75, 3.05) is 0 Å². The summed E-state index contributed by atoms with van der Waals surface area (Å²) in [6, 6.07) is 20.4. The SMILES string of the molecule is c1ccc(-c2cccc(-c3ncn4ccccc34)c2)nc1. The number of nitrogens with zero attached hydrogens (tertiary/aromatic N) is 3. The van der Waals surface area contributed by atoms with Gasteiger partial charge in [-0.1, -0.05) is 30.3 Å². The number of fused-ring (bicyclic) bond motifs is 1. The van der Waals surface area contributed by atoms with Crippen LogP contribution in [-0.2, 0) is 0 Å². The molecule has 3 nitrogen and oxygen atoms in total. The van der Waals surface area contributed by atoms with Crippen LogP contribution in [0.2, 0.25) is 0 Å². The predicted octanol–water partition coefficient (Wildman–Crippen LogP) is 4.06. The smallest absolute Gasteiger partial charge is 0.0999 e. The number of hydrogen-bond donors (Lipinski definition) is 0. The second-order valence-corrected chi connectivity index (χ2v) is 4.88. The molecule has 1 aromatic carbocycles. The Morgan fingerprint density at radius 1 is 0.762 bits per heavy atom. The zero-order valence-corrected chi connectivity index (χ0v) is 11.3. The summed E-state index contributed by atoms with van der Waals surface area (Å²) >= 11 is 0. The number of aromatic nitrogens is 3. The number of rotatable bonds is 2. The van der Waals surface area contributed by atoms with Crippen LogP contribution in [0.25, 0.3) is 28.0 Å². The van der Waals surface area contributed by atoms with E-state index in [1.807, 2.05) is 59.5 Å². The maximum Gasteiger partial charge on any atom is 0.0999 e. The van der Waals surface area contributed by atoms with E-state index in [1.165, 1.54) is 0 Å². The molecule has 0 atom stereocenters. The van der Waals surface area contributed by atoms with Gasteiger partial charge >= 0.3 is 0 Å². The third-order valence-electron chi connectivity index (χ3n) is 3.54. The maximum absolute atomic E-state index is 4.54. The van der Waals surface area contributed by atoms with Crippen LogP contribution < -0.4 is 0 Å². The van der Waals surface area contributed by atoms with Crippen molar-refractivity contribution in [1.29, 1.82) is 0 Å². The maximum atomic E-state index is 4.54. The molecule has 3 heterocycles. The lowest BCUT2D eigenvalue weighted by atomic mass is 10.0. The number of hydrogen-bond acceptors (Lipinski definition) is 2. The average Bonchev–Trinajstić information content (AvgIpc) is 3.00. The Morgan fingerprint density at radius 2 is 1.67 bits per heavy atom. The van der Waals surface area contributed by atoms with E-state index in [2.05, 4.69) is 34.2 Å². The first-order valence-corrected chi connectivity index (χ1v) is 6.85. The molecule has 0 radical (unpaired) electrons. The van der Waals surface area contributed by atoms with Crippen molar-refractivity contribution < 1.29 is 0 Å². The highest BCUT2D eigenvalue weighted by Gasteiger charge is 2.08. The predicted molar refractivity (Wildman–Crippen MR) is 83.9 cm³/mol. The van der Waals surface area contributed by atoms with Crippen LogP contribution in [0.5, 0.6) is 0 Å². The molecule has 100 valence electrons. The van der Waals surface area contributed by atoms with E-state index in [0.29, 0.717) is 0 Å². The van der Waals surface area contributed by atoms with E-state index >= 15 is 0 Å². The van der Waals surface area contributed by atoms with Gasteiger partial charge in [0.15, 0.2) is 0 Å². The molecule has 0 saturated carbocycles. The molecule has 0 bridgehead atoms. The average molecular weight is 271 g/mol. The largest absolute Gasteiger partial charge is 0.306 e. The van der Waals surface area contributed by atoms with Crippen LogP contribution in [0, 0.1) is 0 Å². The van der Waals surface area contributed by atoms with Gasteiger partial charge in [-0.25, -0.2) is 4.98 Å². The lowest BCUT2D eigenvalue weighted by molar-refractivity contribution is 1.15. The molecule has 0 N–H and O–H groups in total. The molecule has 0 aliphatic rings. The van der Waals surface area contributed by atoms with Crippen molar-refractivity contribution in [3.05, 3.63) is 79.4 Å². The molecule has 0 amide bonds. The van der Waals surface area contributed by atoms with E-state index < -0.39 is 0 Å². The molecule has 3 heteroatoms. The zero-order valence-electron chi connectivity index (χ0n) is 11.3. The summed E-state index contributed by atoms with van der Waals surface area (Å²) in [6.07, 6.45) is 5.67. The van der Waals surface area contributed by atoms with E-state index in [0.717, 1.165) is 28.0 Å². The van der Waals surface area contributed by atoms with Gasteiger partial charge in [0.05, 0.1) is 23.2 Å². The van der Waals surface area contributed by atoms with Gasteiger partial charge < -0.3 is 4.40 Å². The van der Waals surface area contributed by atoms with Gasteiger partial charge in [-0.3, -0.25) is 4.98 Å². The van der Waals surface area contributed by atoms with Crippen LogP contribution in [0.15, 0.2) is 79.4 Å². The molecule has 4 rings (SSSR count). The van der Waals surface area contributed by atoms with Crippen molar-refractivity contribution in [2.24, 2.45) is 0 Å². The third kappa shape index (κ3) is 2.09. The summed E-state index contributed by atoms with van der Waals surface area (Å²) in [4.78, 5) is 8.95. The van der Waals surface area contributed by atoms with Gasteiger partial charge in [0.25, 0.3) is 0 Å². The van der Waals surface area contributed by atoms with E-state index in [1.54, 1.807) is 0 Å². The van der Waals surface area contributed by atoms with Gasteiger partial charge in [-0.05, 0) is 30.3 Å². The van der Waals surface area contributed by atoms with Crippen molar-refractivity contribution in [3.8, 4) is 22.5 Å². The monoisotopic (exact) mass is 271 g/mol. The Bertz CT molecular complexity index is 894. The first kappa shape index (κ1) is 11.9. The Kier molecular flexibility index (Phi) is 2.75. The molecule has 4 aromatic rings. The fraction of sp³-hybridized carbons (Fsp3) is 0. The highest BCUT2D eigenvalue weighted by Crippen LogP contribution is 2.27. The van der Waals surface area contributed by atoms with Crippen molar-refractivity contribution in [2.45, 2.75) is 0 Å². The van der Waals surface area contributed by atoms with Crippen LogP contribution in [0.1, 0.15) is 0 Å². The molecular weight excluding hydrogens is 258 g/mol. The molecule has 3 aromatic heterocycles. The van der Waals surface area contributed by atoms with Gasteiger partial charge in [0.1, 0.15) is 0 Å². The first-order valence-electron chi connectivity index (χ1n) is 6.85. The summed E-state index contributed by atoms with van der Waals surface area (Å²) in [5.41, 5.74) is 5.28. The number of benzene rings is 1. The standard InChI is InChI=1S/C18H13N3/c1-3-10-19-16(8-1)14-6-5-7-15(12-14)18-17-9-2-4-11-21(17)13-20-18/h1-13H. The minimum absolute atomic E-state index is 0.975. The Labute approximate surface area is 122 Å². The van der Waals surface area contributed by atoms with Crippen molar-refractivity contribution in [1.82, 2.24) is 14.4 Å². The van der Waals surface area contributed by atoms with Crippen LogP contribution >= 0.6 is 0 Å². The quantitative estimate of drug-likeness (QED) is 0.550. The van der Waals surface area contributed by atoms with Crippen molar-refractivity contribution >= 4 is 5.52 Å². The van der Waals surface area contributed by atoms with Gasteiger partial charge in [0.2, 0.25) is 0 Å².